The Morgan fingerprint density at radius 1 is 0.471 bits per heavy atom. The van der Waals surface area contributed by atoms with Crippen LogP contribution in [0.2, 0.25) is 0 Å². The largest absolute Gasteiger partial charge is 0.494 e. The number of unbranched alkanes of at least 4 members (excludes halogenated alkanes) is 1. The maximum atomic E-state index is 6.16. The first-order valence-electron chi connectivity index (χ1n) is 12.7. The topological polar surface area (TPSA) is 36.9 Å². The van der Waals surface area contributed by atoms with E-state index in [1.807, 2.05) is 0 Å². The molecule has 2 aliphatic rings. The fourth-order valence-corrected chi connectivity index (χ4v) is 4.30. The van der Waals surface area contributed by atoms with Crippen molar-refractivity contribution >= 4 is 25.2 Å². The van der Waals surface area contributed by atoms with E-state index in [-0.39, 0.29) is 36.6 Å². The Labute approximate surface area is 207 Å². The summed E-state index contributed by atoms with van der Waals surface area (Å²) in [5.41, 5.74) is 3.66. The van der Waals surface area contributed by atoms with Gasteiger partial charge < -0.3 is 18.6 Å². The van der Waals surface area contributed by atoms with Crippen molar-refractivity contribution in [1.82, 2.24) is 0 Å². The zero-order valence-corrected chi connectivity index (χ0v) is 22.2. The lowest BCUT2D eigenvalue weighted by Gasteiger charge is -2.32. The SMILES string of the molecule is CC1(C)OB(c2ccc(CCCCc3ccc(B4OC(C)(C)C(C)(C)O4)cc3)cc2)OC1(C)C. The van der Waals surface area contributed by atoms with Crippen molar-refractivity contribution in [3.8, 4) is 0 Å². The van der Waals surface area contributed by atoms with Gasteiger partial charge in [-0.05, 0) is 103 Å². The lowest BCUT2D eigenvalue weighted by molar-refractivity contribution is 0.00578. The predicted octanol–water partition coefficient (Wildman–Crippen LogP) is 4.85. The Kier molecular flexibility index (Phi) is 6.85. The van der Waals surface area contributed by atoms with Crippen molar-refractivity contribution < 1.29 is 18.6 Å². The molecule has 4 nitrogen and oxygen atoms in total. The molecule has 0 saturated carbocycles. The minimum Gasteiger partial charge on any atom is -0.399 e. The normalized spacial score (nSPS) is 22.4. The summed E-state index contributed by atoms with van der Waals surface area (Å²) < 4.78 is 24.6. The van der Waals surface area contributed by atoms with E-state index in [0.717, 1.165) is 36.6 Å². The average Bonchev–Trinajstić information content (AvgIpc) is 3.11. The minimum atomic E-state index is -0.307. The van der Waals surface area contributed by atoms with Crippen LogP contribution in [0.4, 0.5) is 0 Å². The molecule has 182 valence electrons. The number of rotatable bonds is 7. The van der Waals surface area contributed by atoms with Crippen molar-refractivity contribution in [1.29, 1.82) is 0 Å². The molecule has 2 aromatic rings. The molecule has 2 aliphatic heterocycles. The van der Waals surface area contributed by atoms with Gasteiger partial charge in [0, 0.05) is 0 Å². The second kappa shape index (κ2) is 9.13. The molecule has 2 aromatic carbocycles. The first-order chi connectivity index (χ1) is 15.8. The Morgan fingerprint density at radius 3 is 1.00 bits per heavy atom. The van der Waals surface area contributed by atoms with Crippen molar-refractivity contribution in [3.05, 3.63) is 59.7 Å². The van der Waals surface area contributed by atoms with Crippen LogP contribution in [0, 0.1) is 0 Å². The highest BCUT2D eigenvalue weighted by atomic mass is 16.7. The lowest BCUT2D eigenvalue weighted by atomic mass is 9.78. The third-order valence-electron chi connectivity index (χ3n) is 8.19. The summed E-state index contributed by atoms with van der Waals surface area (Å²) in [6.07, 6.45) is 4.48. The van der Waals surface area contributed by atoms with E-state index in [1.54, 1.807) is 0 Å². The van der Waals surface area contributed by atoms with E-state index < -0.39 is 0 Å². The number of hydrogen-bond acceptors (Lipinski definition) is 4. The van der Waals surface area contributed by atoms with Crippen molar-refractivity contribution in [3.63, 3.8) is 0 Å². The molecule has 6 heteroatoms. The predicted molar refractivity (Wildman–Crippen MR) is 141 cm³/mol. The zero-order valence-electron chi connectivity index (χ0n) is 22.2. The smallest absolute Gasteiger partial charge is 0.399 e. The number of benzene rings is 2. The van der Waals surface area contributed by atoms with Gasteiger partial charge >= 0.3 is 14.2 Å². The van der Waals surface area contributed by atoms with Crippen LogP contribution in [0.1, 0.15) is 79.4 Å². The fourth-order valence-electron chi connectivity index (χ4n) is 4.30. The molecule has 0 N–H and O–H groups in total. The van der Waals surface area contributed by atoms with Gasteiger partial charge in [-0.2, -0.15) is 0 Å². The van der Waals surface area contributed by atoms with Gasteiger partial charge in [0.25, 0.3) is 0 Å². The molecule has 2 saturated heterocycles. The third kappa shape index (κ3) is 5.16. The summed E-state index contributed by atoms with van der Waals surface area (Å²) in [4.78, 5) is 0. The van der Waals surface area contributed by atoms with Gasteiger partial charge in [0.15, 0.2) is 0 Å². The second-order valence-corrected chi connectivity index (χ2v) is 11.9. The van der Waals surface area contributed by atoms with E-state index in [9.17, 15) is 0 Å². The number of hydrogen-bond donors (Lipinski definition) is 0. The standard InChI is InChI=1S/C28H40B2O4/c1-25(2)26(3,4)32-29(31-25)23-17-13-21(14-18-23)11-9-10-12-22-15-19-24(20-16-22)30-33-27(5,6)28(7,8)34-30/h13-20H,9-12H2,1-8H3. The zero-order chi connectivity index (χ0) is 24.8. The minimum absolute atomic E-state index is 0.292. The van der Waals surface area contributed by atoms with Crippen LogP contribution in [-0.2, 0) is 31.5 Å². The molecular formula is C28H40B2O4. The van der Waals surface area contributed by atoms with Gasteiger partial charge in [-0.3, -0.25) is 0 Å². The highest BCUT2D eigenvalue weighted by Gasteiger charge is 2.52. The van der Waals surface area contributed by atoms with Crippen molar-refractivity contribution in [2.24, 2.45) is 0 Å². The summed E-state index contributed by atoms with van der Waals surface area (Å²) >= 11 is 0. The van der Waals surface area contributed by atoms with Crippen molar-refractivity contribution in [2.75, 3.05) is 0 Å². The van der Waals surface area contributed by atoms with Crippen molar-refractivity contribution in [2.45, 2.75) is 103 Å². The Balaban J connectivity index is 1.23. The molecule has 0 aliphatic carbocycles. The third-order valence-corrected chi connectivity index (χ3v) is 8.19. The second-order valence-electron chi connectivity index (χ2n) is 11.9. The first kappa shape index (κ1) is 25.5. The van der Waals surface area contributed by atoms with E-state index >= 15 is 0 Å². The van der Waals surface area contributed by atoms with Crippen LogP contribution in [0.25, 0.3) is 0 Å². The summed E-state index contributed by atoms with van der Waals surface area (Å²) in [7, 11) is -0.585. The highest BCUT2D eigenvalue weighted by molar-refractivity contribution is 6.62. The van der Waals surface area contributed by atoms with Crippen LogP contribution >= 0.6 is 0 Å². The van der Waals surface area contributed by atoms with Gasteiger partial charge in [0.05, 0.1) is 22.4 Å². The van der Waals surface area contributed by atoms with Gasteiger partial charge in [-0.15, -0.1) is 0 Å². The van der Waals surface area contributed by atoms with E-state index in [1.165, 1.54) is 11.1 Å². The van der Waals surface area contributed by atoms with Crippen LogP contribution in [0.15, 0.2) is 48.5 Å². The van der Waals surface area contributed by atoms with E-state index in [2.05, 4.69) is 104 Å². The Morgan fingerprint density at radius 2 is 0.735 bits per heavy atom. The van der Waals surface area contributed by atoms with Crippen LogP contribution in [0.5, 0.6) is 0 Å². The average molecular weight is 462 g/mol. The molecule has 4 rings (SSSR count). The molecule has 0 spiro atoms. The summed E-state index contributed by atoms with van der Waals surface area (Å²) in [6, 6.07) is 17.4. The molecular weight excluding hydrogens is 422 g/mol. The first-order valence-corrected chi connectivity index (χ1v) is 12.7. The van der Waals surface area contributed by atoms with Crippen LogP contribution < -0.4 is 10.9 Å². The Hall–Kier alpha value is -1.59. The molecule has 2 fully saturated rings. The quantitative estimate of drug-likeness (QED) is 0.436. The summed E-state index contributed by atoms with van der Waals surface area (Å²) in [6.45, 7) is 16.7. The molecule has 0 bridgehead atoms. The molecule has 0 radical (unpaired) electrons. The molecule has 0 amide bonds. The summed E-state index contributed by atoms with van der Waals surface area (Å²) in [5, 5.41) is 0. The molecule has 34 heavy (non-hydrogen) atoms. The monoisotopic (exact) mass is 462 g/mol. The highest BCUT2D eigenvalue weighted by Crippen LogP contribution is 2.37. The van der Waals surface area contributed by atoms with Gasteiger partial charge in [0.1, 0.15) is 0 Å². The summed E-state index contributed by atoms with van der Waals surface area (Å²) in [5.74, 6) is 0. The maximum absolute atomic E-state index is 6.16. The molecule has 2 heterocycles. The lowest BCUT2D eigenvalue weighted by Crippen LogP contribution is -2.41. The molecule has 0 aromatic heterocycles. The van der Waals surface area contributed by atoms with Crippen LogP contribution in [-0.4, -0.2) is 36.6 Å². The van der Waals surface area contributed by atoms with Crippen LogP contribution in [0.3, 0.4) is 0 Å². The molecule has 0 unspecified atom stereocenters. The Bertz CT molecular complexity index is 867. The fraction of sp³-hybridized carbons (Fsp3) is 0.571. The van der Waals surface area contributed by atoms with E-state index in [4.69, 9.17) is 18.6 Å². The van der Waals surface area contributed by atoms with Gasteiger partial charge in [0.2, 0.25) is 0 Å². The van der Waals surface area contributed by atoms with Gasteiger partial charge in [-0.25, -0.2) is 0 Å². The van der Waals surface area contributed by atoms with Gasteiger partial charge in [-0.1, -0.05) is 48.5 Å². The number of aryl methyl sites for hydroxylation is 2. The molecule has 0 atom stereocenters. The van der Waals surface area contributed by atoms with E-state index in [0.29, 0.717) is 0 Å². The maximum Gasteiger partial charge on any atom is 0.494 e.